The van der Waals surface area contributed by atoms with Crippen LogP contribution in [0.2, 0.25) is 0 Å². The molecule has 0 heterocycles. The summed E-state index contributed by atoms with van der Waals surface area (Å²) in [4.78, 5) is 0. The first-order valence-corrected chi connectivity index (χ1v) is 17.7. The van der Waals surface area contributed by atoms with Gasteiger partial charge in [-0.1, -0.05) is 5.57 Å². The molecule has 3 aromatic rings. The molecule has 6 rings (SSSR count). The van der Waals surface area contributed by atoms with E-state index in [2.05, 4.69) is 0 Å². The second kappa shape index (κ2) is 15.0. The van der Waals surface area contributed by atoms with Crippen LogP contribution in [0.25, 0.3) is 5.57 Å². The molecule has 4 nitrogen and oxygen atoms in total. The van der Waals surface area contributed by atoms with E-state index in [1.165, 1.54) is 20.3 Å². The summed E-state index contributed by atoms with van der Waals surface area (Å²) in [6.07, 6.45) is -20.6. The molecule has 3 aliphatic carbocycles. The van der Waals surface area contributed by atoms with Gasteiger partial charge in [0.1, 0.15) is 17.6 Å². The van der Waals surface area contributed by atoms with Gasteiger partial charge < -0.3 is 19.7 Å². The summed E-state index contributed by atoms with van der Waals surface area (Å²) in [5.74, 6) is -1.38. The van der Waals surface area contributed by atoms with Crippen molar-refractivity contribution >= 4 is 5.57 Å². The maximum atomic E-state index is 13.9. The molecule has 0 amide bonds. The summed E-state index contributed by atoms with van der Waals surface area (Å²) in [6.45, 7) is 0. The lowest BCUT2D eigenvalue weighted by molar-refractivity contribution is -0.144. The molecule has 0 spiro atoms. The van der Waals surface area contributed by atoms with E-state index in [1.807, 2.05) is 0 Å². The first-order chi connectivity index (χ1) is 26.0. The quantitative estimate of drug-likeness (QED) is 0.234. The first-order valence-electron chi connectivity index (χ1n) is 17.7. The minimum atomic E-state index is -5.21. The fraction of sp³-hybridized carbons (Fsp3) is 0.450. The molecular weight excluding hydrogens is 772 g/mol. The Morgan fingerprint density at radius 3 is 1.57 bits per heavy atom. The van der Waals surface area contributed by atoms with Crippen molar-refractivity contribution in [3.63, 3.8) is 0 Å². The number of hydrogen-bond acceptors (Lipinski definition) is 4. The zero-order chi connectivity index (χ0) is 41.1. The van der Waals surface area contributed by atoms with Crippen molar-refractivity contribution in [3.05, 3.63) is 115 Å². The Kier molecular flexibility index (Phi) is 11.1. The highest BCUT2D eigenvalue weighted by Gasteiger charge is 2.43. The molecule has 0 saturated heterocycles. The zero-order valence-corrected chi connectivity index (χ0v) is 29.9. The lowest BCUT2D eigenvalue weighted by Crippen LogP contribution is -2.26. The van der Waals surface area contributed by atoms with Gasteiger partial charge in [-0.05, 0) is 128 Å². The molecule has 3 unspecified atom stereocenters. The van der Waals surface area contributed by atoms with Crippen molar-refractivity contribution in [2.45, 2.75) is 94.7 Å². The van der Waals surface area contributed by atoms with Gasteiger partial charge in [0.15, 0.2) is 0 Å². The van der Waals surface area contributed by atoms with E-state index in [1.54, 1.807) is 0 Å². The predicted molar refractivity (Wildman–Crippen MR) is 179 cm³/mol. The van der Waals surface area contributed by atoms with Gasteiger partial charge in [0.25, 0.3) is 0 Å². The van der Waals surface area contributed by atoms with Crippen LogP contribution in [0.4, 0.5) is 52.7 Å². The molecule has 0 radical (unpaired) electrons. The Morgan fingerprint density at radius 2 is 1.07 bits per heavy atom. The van der Waals surface area contributed by atoms with Crippen LogP contribution in [0.1, 0.15) is 113 Å². The minimum absolute atomic E-state index is 0.00194. The van der Waals surface area contributed by atoms with Gasteiger partial charge in [0.05, 0.1) is 48.5 Å². The number of aryl methyl sites for hydroxylation is 1. The Hall–Kier alpha value is -4.18. The lowest BCUT2D eigenvalue weighted by Gasteiger charge is -2.38. The number of aliphatic hydroxyl groups excluding tert-OH is 2. The number of alkyl halides is 12. The number of ether oxygens (including phenoxy) is 2. The number of methoxy groups -OCH3 is 2. The van der Waals surface area contributed by atoms with E-state index in [0.717, 1.165) is 5.57 Å². The second-order valence-corrected chi connectivity index (χ2v) is 14.3. The highest BCUT2D eigenvalue weighted by atomic mass is 19.4. The monoisotopic (exact) mass is 808 g/mol. The summed E-state index contributed by atoms with van der Waals surface area (Å²) in [5, 5.41) is 23.5. The first kappa shape index (κ1) is 41.5. The van der Waals surface area contributed by atoms with Gasteiger partial charge in [-0.25, -0.2) is 0 Å². The Bertz CT molecular complexity index is 1990. The van der Waals surface area contributed by atoms with E-state index < -0.39 is 76.2 Å². The van der Waals surface area contributed by atoms with Gasteiger partial charge in [-0.2, -0.15) is 52.7 Å². The van der Waals surface area contributed by atoms with Crippen LogP contribution in [-0.4, -0.2) is 24.4 Å². The molecular formula is C40H36F12O4. The van der Waals surface area contributed by atoms with Gasteiger partial charge >= 0.3 is 24.7 Å². The third-order valence-electron chi connectivity index (χ3n) is 10.8. The summed E-state index contributed by atoms with van der Waals surface area (Å²) in [6, 6.07) is 3.08. The standard InChI is InChI=1S/C40H36F12O4/c1-55-35-29(33(53)21-11-23(37(41,42)43)17-24(12-21)38(44,45)46)15-19-7-3-5-9-27(19)31(35)32-28-10-6-4-8-20(28)16-30(36(32)56-2)34(54)22-13-25(39(47,48)49)18-26(14-22)40(50,51)52/h11-15,17-18,30,33-34,53-54H,3-10,16H2,1-2H3. The van der Waals surface area contributed by atoms with Crippen molar-refractivity contribution in [1.29, 1.82) is 0 Å². The van der Waals surface area contributed by atoms with E-state index >= 15 is 0 Å². The normalized spacial score (nSPS) is 19.4. The third kappa shape index (κ3) is 8.00. The van der Waals surface area contributed by atoms with Crippen LogP contribution in [0.3, 0.4) is 0 Å². The fourth-order valence-electron chi connectivity index (χ4n) is 8.26. The predicted octanol–water partition coefficient (Wildman–Crippen LogP) is 11.7. The summed E-state index contributed by atoms with van der Waals surface area (Å²) in [7, 11) is 2.41. The number of benzene rings is 3. The summed E-state index contributed by atoms with van der Waals surface area (Å²) < 4.78 is 178. The Morgan fingerprint density at radius 1 is 0.589 bits per heavy atom. The molecule has 0 aromatic heterocycles. The number of allylic oxidation sites excluding steroid dienone is 3. The Labute approximate surface area is 313 Å². The molecule has 3 atom stereocenters. The number of aliphatic hydroxyl groups is 2. The number of hydrogen-bond donors (Lipinski definition) is 2. The van der Waals surface area contributed by atoms with Gasteiger partial charge in [-0.15, -0.1) is 0 Å². The lowest BCUT2D eigenvalue weighted by atomic mass is 9.70. The highest BCUT2D eigenvalue weighted by molar-refractivity contribution is 5.89. The van der Waals surface area contributed by atoms with E-state index in [-0.39, 0.29) is 41.2 Å². The SMILES string of the molecule is COC1=C(c2c3c(cc(C(O)c4cc(C(F)(F)F)cc(C(F)(F)F)c4)c2OC)CCCC3)C2=C(CCCC2)CC1C(O)c1cc(C(F)(F)F)cc(C(F)(F)F)c1. The smallest absolute Gasteiger partial charge is 0.416 e. The van der Waals surface area contributed by atoms with Crippen molar-refractivity contribution < 1.29 is 72.4 Å². The van der Waals surface area contributed by atoms with E-state index in [0.29, 0.717) is 97.9 Å². The van der Waals surface area contributed by atoms with Gasteiger partial charge in [0, 0.05) is 16.7 Å². The van der Waals surface area contributed by atoms with Crippen LogP contribution in [-0.2, 0) is 42.3 Å². The molecule has 56 heavy (non-hydrogen) atoms. The van der Waals surface area contributed by atoms with Crippen LogP contribution < -0.4 is 4.74 Å². The largest absolute Gasteiger partial charge is 0.500 e. The minimum Gasteiger partial charge on any atom is -0.500 e. The topological polar surface area (TPSA) is 58.9 Å². The average Bonchev–Trinajstić information content (AvgIpc) is 3.14. The van der Waals surface area contributed by atoms with Crippen molar-refractivity contribution in [2.75, 3.05) is 14.2 Å². The fourth-order valence-corrected chi connectivity index (χ4v) is 8.26. The highest BCUT2D eigenvalue weighted by Crippen LogP contribution is 2.54. The van der Waals surface area contributed by atoms with Crippen LogP contribution >= 0.6 is 0 Å². The Balaban J connectivity index is 1.62. The maximum absolute atomic E-state index is 13.9. The molecule has 0 saturated carbocycles. The van der Waals surface area contributed by atoms with Gasteiger partial charge in [-0.3, -0.25) is 0 Å². The number of rotatable bonds is 7. The van der Waals surface area contributed by atoms with E-state index in [4.69, 9.17) is 9.47 Å². The second-order valence-electron chi connectivity index (χ2n) is 14.3. The van der Waals surface area contributed by atoms with Gasteiger partial charge in [0.2, 0.25) is 0 Å². The third-order valence-corrected chi connectivity index (χ3v) is 10.8. The van der Waals surface area contributed by atoms with Crippen molar-refractivity contribution in [2.24, 2.45) is 5.92 Å². The van der Waals surface area contributed by atoms with Crippen LogP contribution in [0.5, 0.6) is 5.75 Å². The zero-order valence-electron chi connectivity index (χ0n) is 29.9. The number of halogens is 12. The maximum Gasteiger partial charge on any atom is 0.416 e. The van der Waals surface area contributed by atoms with E-state index in [9.17, 15) is 62.9 Å². The molecule has 0 fully saturated rings. The number of fused-ring (bicyclic) bond motifs is 1. The summed E-state index contributed by atoms with van der Waals surface area (Å²) in [5.41, 5.74) is -4.86. The van der Waals surface area contributed by atoms with Crippen LogP contribution in [0.15, 0.2) is 59.4 Å². The molecule has 0 aliphatic heterocycles. The molecule has 2 N–H and O–H groups in total. The molecule has 304 valence electrons. The van der Waals surface area contributed by atoms with Crippen LogP contribution in [0, 0.1) is 5.92 Å². The molecule has 0 bridgehead atoms. The van der Waals surface area contributed by atoms with Crippen molar-refractivity contribution in [1.82, 2.24) is 0 Å². The molecule has 3 aliphatic rings. The van der Waals surface area contributed by atoms with Crippen molar-refractivity contribution in [3.8, 4) is 5.75 Å². The average molecular weight is 809 g/mol. The molecule has 3 aromatic carbocycles. The molecule has 16 heteroatoms. The summed E-state index contributed by atoms with van der Waals surface area (Å²) >= 11 is 0.